The number of esters is 1. The minimum atomic E-state index is -5.38. The molecule has 13 heteroatoms. The van der Waals surface area contributed by atoms with Gasteiger partial charge in [0.15, 0.2) is 5.54 Å². The number of hydrogen-bond acceptors (Lipinski definition) is 6. The van der Waals surface area contributed by atoms with Gasteiger partial charge in [0.05, 0.1) is 0 Å². The van der Waals surface area contributed by atoms with Crippen molar-refractivity contribution in [3.05, 3.63) is 90.0 Å². The Hall–Kier alpha value is -4.10. The lowest BCUT2D eigenvalue weighted by molar-refractivity contribution is -0.274. The molecule has 1 saturated heterocycles. The summed E-state index contributed by atoms with van der Waals surface area (Å²) in [7, 11) is 1.08. The molecule has 0 radical (unpaired) electrons. The molecular formula is C25H19F6N3O4. The predicted octanol–water partition coefficient (Wildman–Crippen LogP) is 4.23. The van der Waals surface area contributed by atoms with E-state index in [1.807, 2.05) is 0 Å². The summed E-state index contributed by atoms with van der Waals surface area (Å²) in [5.74, 6) is -6.54. The van der Waals surface area contributed by atoms with Gasteiger partial charge < -0.3 is 9.47 Å². The van der Waals surface area contributed by atoms with E-state index in [9.17, 15) is 35.9 Å². The summed E-state index contributed by atoms with van der Waals surface area (Å²) in [6.45, 7) is 0. The number of amides is 1. The zero-order valence-corrected chi connectivity index (χ0v) is 19.4. The van der Waals surface area contributed by atoms with Crippen LogP contribution >= 0.6 is 0 Å². The molecule has 0 aromatic heterocycles. The van der Waals surface area contributed by atoms with Crippen LogP contribution in [-0.2, 0) is 19.9 Å². The Morgan fingerprint density at radius 1 is 0.868 bits per heavy atom. The van der Waals surface area contributed by atoms with Crippen LogP contribution in [0.1, 0.15) is 11.1 Å². The molecule has 3 N–H and O–H groups in total. The molecule has 1 heterocycles. The van der Waals surface area contributed by atoms with E-state index in [4.69, 9.17) is 5.73 Å². The third kappa shape index (κ3) is 5.02. The molecule has 0 spiro atoms. The maximum Gasteiger partial charge on any atom is 0.573 e. The number of nitrogens with two attached hydrogens (primary N) is 1. The van der Waals surface area contributed by atoms with Gasteiger partial charge in [-0.3, -0.25) is 15.4 Å². The predicted molar refractivity (Wildman–Crippen MR) is 121 cm³/mol. The van der Waals surface area contributed by atoms with Gasteiger partial charge in [-0.25, -0.2) is 10.1 Å². The smallest absolute Gasteiger partial charge is 0.406 e. The van der Waals surface area contributed by atoms with Gasteiger partial charge in [0.2, 0.25) is 0 Å². The number of carbonyl (C=O) groups is 2. The Bertz CT molecular complexity index is 1350. The lowest BCUT2D eigenvalue weighted by Gasteiger charge is -2.32. The molecule has 1 fully saturated rings. The number of carbonyl (C=O) groups excluding carboxylic acids is 2. The highest BCUT2D eigenvalue weighted by molar-refractivity contribution is 5.95. The van der Waals surface area contributed by atoms with Crippen molar-refractivity contribution in [2.45, 2.75) is 24.1 Å². The van der Waals surface area contributed by atoms with E-state index >= 15 is 0 Å². The summed E-state index contributed by atoms with van der Waals surface area (Å²) in [5, 5.41) is 2.60. The topological polar surface area (TPSA) is 93.9 Å². The van der Waals surface area contributed by atoms with E-state index in [1.165, 1.54) is 36.4 Å². The van der Waals surface area contributed by atoms with Crippen molar-refractivity contribution in [2.24, 2.45) is 5.73 Å². The molecule has 1 aliphatic rings. The first-order chi connectivity index (χ1) is 17.7. The summed E-state index contributed by atoms with van der Waals surface area (Å²) < 4.78 is 84.8. The third-order valence-corrected chi connectivity index (χ3v) is 5.89. The Morgan fingerprint density at radius 2 is 1.47 bits per heavy atom. The number of alkyl halides is 6. The molecule has 3 aromatic carbocycles. The van der Waals surface area contributed by atoms with Crippen LogP contribution in [0.4, 0.5) is 26.3 Å². The van der Waals surface area contributed by atoms with Crippen LogP contribution in [0.2, 0.25) is 0 Å². The molecule has 200 valence electrons. The maximum absolute atomic E-state index is 13.7. The number of likely N-dealkylation sites (N-methyl/N-ethyl adjacent to an activating group) is 1. The van der Waals surface area contributed by atoms with Crippen LogP contribution in [0, 0.1) is 0 Å². The molecule has 38 heavy (non-hydrogen) atoms. The van der Waals surface area contributed by atoms with Gasteiger partial charge in [-0.05, 0) is 40.5 Å². The summed E-state index contributed by atoms with van der Waals surface area (Å²) >= 11 is 0. The highest BCUT2D eigenvalue weighted by Crippen LogP contribution is 2.41. The normalized spacial score (nSPS) is 21.9. The van der Waals surface area contributed by atoms with E-state index in [0.717, 1.165) is 19.2 Å². The van der Waals surface area contributed by atoms with Crippen molar-refractivity contribution in [3.8, 4) is 16.9 Å². The van der Waals surface area contributed by atoms with Crippen molar-refractivity contribution in [2.75, 3.05) is 7.05 Å². The summed E-state index contributed by atoms with van der Waals surface area (Å²) in [6, 6.07) is 19.0. The van der Waals surface area contributed by atoms with Gasteiger partial charge in [-0.1, -0.05) is 60.7 Å². The zero-order chi connectivity index (χ0) is 27.9. The number of benzene rings is 3. The van der Waals surface area contributed by atoms with Crippen LogP contribution in [0.15, 0.2) is 78.9 Å². The first-order valence-electron chi connectivity index (χ1n) is 10.8. The molecule has 0 saturated carbocycles. The summed E-state index contributed by atoms with van der Waals surface area (Å²) in [6.07, 6.45) is -10.2. The van der Waals surface area contributed by atoms with Crippen LogP contribution in [0.3, 0.4) is 0 Å². The standard InChI is InChI=1S/C25H19F6N3O4/c1-34-20(35)22(17-7-3-2-4-8-17,33-25(34,32)38-21(36)23(26,27)28)18-9-5-6-16(14-18)15-10-12-19(13-11-15)37-24(29,30)31/h2-14,33H,32H2,1H3. The monoisotopic (exact) mass is 539 g/mol. The second-order valence-corrected chi connectivity index (χ2v) is 8.34. The summed E-state index contributed by atoms with van der Waals surface area (Å²) in [5.41, 5.74) is 5.50. The van der Waals surface area contributed by atoms with E-state index in [1.54, 1.807) is 30.3 Å². The van der Waals surface area contributed by atoms with E-state index in [2.05, 4.69) is 14.8 Å². The Balaban J connectivity index is 1.79. The van der Waals surface area contributed by atoms with Crippen molar-refractivity contribution in [1.82, 2.24) is 10.2 Å². The lowest BCUT2D eigenvalue weighted by Crippen LogP contribution is -2.64. The number of halogens is 6. The van der Waals surface area contributed by atoms with Gasteiger partial charge in [0.25, 0.3) is 5.91 Å². The quantitative estimate of drug-likeness (QED) is 0.287. The van der Waals surface area contributed by atoms with Gasteiger partial charge in [0, 0.05) is 7.05 Å². The lowest BCUT2D eigenvalue weighted by atomic mass is 9.81. The van der Waals surface area contributed by atoms with E-state index < -0.39 is 41.7 Å². The highest BCUT2D eigenvalue weighted by atomic mass is 19.4. The Morgan fingerprint density at radius 3 is 2.05 bits per heavy atom. The molecule has 3 aromatic rings. The second kappa shape index (κ2) is 9.33. The van der Waals surface area contributed by atoms with E-state index in [-0.39, 0.29) is 11.1 Å². The van der Waals surface area contributed by atoms with Crippen LogP contribution in [-0.4, -0.2) is 42.3 Å². The minimum absolute atomic E-state index is 0.212. The van der Waals surface area contributed by atoms with Crippen molar-refractivity contribution in [3.63, 3.8) is 0 Å². The largest absolute Gasteiger partial charge is 0.573 e. The molecule has 7 nitrogen and oxygen atoms in total. The van der Waals surface area contributed by atoms with Gasteiger partial charge in [0.1, 0.15) is 5.75 Å². The number of ether oxygens (including phenoxy) is 2. The maximum atomic E-state index is 13.7. The van der Waals surface area contributed by atoms with Crippen molar-refractivity contribution in [1.29, 1.82) is 0 Å². The molecule has 0 bridgehead atoms. The fourth-order valence-corrected chi connectivity index (χ4v) is 4.13. The molecule has 2 unspecified atom stereocenters. The molecular weight excluding hydrogens is 520 g/mol. The minimum Gasteiger partial charge on any atom is -0.406 e. The summed E-state index contributed by atoms with van der Waals surface area (Å²) in [4.78, 5) is 26.0. The fraction of sp³-hybridized carbons (Fsp3) is 0.200. The number of hydrogen-bond donors (Lipinski definition) is 2. The van der Waals surface area contributed by atoms with Crippen molar-refractivity contribution >= 4 is 11.9 Å². The number of nitrogens with one attached hydrogen (secondary N) is 1. The zero-order valence-electron chi connectivity index (χ0n) is 19.4. The highest BCUT2D eigenvalue weighted by Gasteiger charge is 2.62. The molecule has 4 rings (SSSR count). The second-order valence-electron chi connectivity index (χ2n) is 8.34. The van der Waals surface area contributed by atoms with Gasteiger partial charge in [-0.2, -0.15) is 13.2 Å². The van der Waals surface area contributed by atoms with Crippen LogP contribution in [0.25, 0.3) is 11.1 Å². The average Bonchev–Trinajstić information content (AvgIpc) is 3.05. The van der Waals surface area contributed by atoms with Crippen LogP contribution < -0.4 is 15.8 Å². The SMILES string of the molecule is CN1C(=O)C(c2ccccc2)(c2cccc(-c3ccc(OC(F)(F)F)cc3)c2)NC1(N)OC(=O)C(F)(F)F. The molecule has 1 aliphatic heterocycles. The molecule has 1 amide bonds. The van der Waals surface area contributed by atoms with Crippen LogP contribution in [0.5, 0.6) is 5.75 Å². The van der Waals surface area contributed by atoms with Gasteiger partial charge in [-0.15, -0.1) is 13.2 Å². The first kappa shape index (κ1) is 26.9. The van der Waals surface area contributed by atoms with Gasteiger partial charge >= 0.3 is 24.5 Å². The third-order valence-electron chi connectivity index (χ3n) is 5.89. The molecule has 2 atom stereocenters. The fourth-order valence-electron chi connectivity index (χ4n) is 4.13. The number of rotatable bonds is 5. The Kier molecular flexibility index (Phi) is 6.62. The molecule has 0 aliphatic carbocycles. The average molecular weight is 539 g/mol. The Labute approximate surface area is 211 Å². The first-order valence-corrected chi connectivity index (χ1v) is 10.8. The van der Waals surface area contributed by atoms with E-state index in [0.29, 0.717) is 16.0 Å². The van der Waals surface area contributed by atoms with Crippen molar-refractivity contribution < 1.29 is 45.4 Å². The number of nitrogens with zero attached hydrogens (tertiary/aromatic N) is 1.